The summed E-state index contributed by atoms with van der Waals surface area (Å²) in [7, 11) is -3.65. The second kappa shape index (κ2) is 7.28. The van der Waals surface area contributed by atoms with Gasteiger partial charge < -0.3 is 9.05 Å². The first-order chi connectivity index (χ1) is 13.6. The zero-order valence-corrected chi connectivity index (χ0v) is 16.8. The Hall–Kier alpha value is -2.27. The Bertz CT molecular complexity index is 965. The highest BCUT2D eigenvalue weighted by Gasteiger charge is 2.60. The van der Waals surface area contributed by atoms with Crippen molar-refractivity contribution >= 4 is 18.8 Å². The number of nitrogens with zero attached hydrogens (tertiary/aromatic N) is 1. The number of benzene rings is 2. The van der Waals surface area contributed by atoms with Crippen molar-refractivity contribution in [2.75, 3.05) is 13.2 Å². The molecule has 0 radical (unpaired) electrons. The first kappa shape index (κ1) is 19.1. The van der Waals surface area contributed by atoms with Crippen LogP contribution in [0.25, 0.3) is 0 Å². The normalized spacial score (nSPS) is 23.6. The Labute approximate surface area is 164 Å². The van der Waals surface area contributed by atoms with Gasteiger partial charge in [0.15, 0.2) is 11.2 Å². The van der Waals surface area contributed by atoms with E-state index in [1.165, 1.54) is 0 Å². The van der Waals surface area contributed by atoms with Crippen molar-refractivity contribution < 1.29 is 18.4 Å². The monoisotopic (exact) mass is 398 g/mol. The van der Waals surface area contributed by atoms with Gasteiger partial charge in [0, 0.05) is 12.0 Å². The van der Waals surface area contributed by atoms with Crippen molar-refractivity contribution in [3.63, 3.8) is 0 Å². The van der Waals surface area contributed by atoms with Gasteiger partial charge >= 0.3 is 7.60 Å². The molecule has 0 aromatic heterocycles. The summed E-state index contributed by atoms with van der Waals surface area (Å²) in [4.78, 5) is 13.5. The molecule has 1 aliphatic carbocycles. The lowest BCUT2D eigenvalue weighted by molar-refractivity contribution is 0.0875. The van der Waals surface area contributed by atoms with Crippen LogP contribution in [0.3, 0.4) is 0 Å². The zero-order valence-electron chi connectivity index (χ0n) is 15.9. The number of carbonyl (C=O) groups is 1. The number of Topliss-reactive ketones (excluding diaryl/α,β-unsaturated/α-hetero) is 1. The van der Waals surface area contributed by atoms with Crippen molar-refractivity contribution in [3.8, 4) is 0 Å². The third kappa shape index (κ3) is 2.84. The van der Waals surface area contributed by atoms with Crippen LogP contribution in [-0.4, -0.2) is 30.0 Å². The molecule has 28 heavy (non-hydrogen) atoms. The minimum absolute atomic E-state index is 0.0461. The topological polar surface area (TPSA) is 77.0 Å². The lowest BCUT2D eigenvalue weighted by Gasteiger charge is -2.31. The van der Waals surface area contributed by atoms with Crippen LogP contribution in [0.4, 0.5) is 0 Å². The Balaban J connectivity index is 1.85. The van der Waals surface area contributed by atoms with E-state index in [2.05, 4.69) is 10.5 Å². The Kier molecular flexibility index (Phi) is 4.96. The van der Waals surface area contributed by atoms with Crippen LogP contribution in [0.1, 0.15) is 41.3 Å². The van der Waals surface area contributed by atoms with Crippen molar-refractivity contribution in [1.82, 2.24) is 5.43 Å². The summed E-state index contributed by atoms with van der Waals surface area (Å²) in [6.07, 6.45) is 0.465. The van der Waals surface area contributed by atoms with E-state index in [9.17, 15) is 9.36 Å². The standard InChI is InChI=1S/C21H23N2O4P/c1-3-26-28(25,27-4-2)20-18(15-10-6-5-7-11-15)21(23-22-20)14-16-12-8-9-13-17(16)19(21)24/h5-13,18,23H,3-4,14H2,1-2H3. The number of nitrogens with one attached hydrogen (secondary N) is 1. The molecule has 146 valence electrons. The molecule has 0 bridgehead atoms. The Morgan fingerprint density at radius 2 is 1.71 bits per heavy atom. The molecule has 2 aliphatic rings. The molecule has 0 amide bonds. The van der Waals surface area contributed by atoms with Gasteiger partial charge in [-0.25, -0.2) is 0 Å². The zero-order chi connectivity index (χ0) is 19.8. The molecule has 1 aliphatic heterocycles. The van der Waals surface area contributed by atoms with E-state index < -0.39 is 19.1 Å². The number of carbonyl (C=O) groups excluding carboxylic acids is 1. The molecular formula is C21H23N2O4P. The lowest BCUT2D eigenvalue weighted by atomic mass is 9.78. The average Bonchev–Trinajstić information content (AvgIpc) is 3.22. The maximum atomic E-state index is 13.6. The van der Waals surface area contributed by atoms with Crippen LogP contribution >= 0.6 is 7.60 Å². The second-order valence-electron chi connectivity index (χ2n) is 6.89. The van der Waals surface area contributed by atoms with Gasteiger partial charge in [0.05, 0.1) is 19.1 Å². The highest BCUT2D eigenvalue weighted by atomic mass is 31.2. The quantitative estimate of drug-likeness (QED) is 0.741. The number of hydrogen-bond donors (Lipinski definition) is 1. The molecule has 1 spiro atoms. The second-order valence-corrected chi connectivity index (χ2v) is 8.86. The van der Waals surface area contributed by atoms with Crippen molar-refractivity contribution in [2.24, 2.45) is 5.10 Å². The number of hydrazone groups is 1. The lowest BCUT2D eigenvalue weighted by Crippen LogP contribution is -2.50. The fourth-order valence-electron chi connectivity index (χ4n) is 4.15. The molecule has 1 heterocycles. The van der Waals surface area contributed by atoms with E-state index >= 15 is 0 Å². The summed E-state index contributed by atoms with van der Waals surface area (Å²) in [5.74, 6) is -0.590. The van der Waals surface area contributed by atoms with Crippen molar-refractivity contribution in [2.45, 2.75) is 31.7 Å². The third-order valence-electron chi connectivity index (χ3n) is 5.27. The maximum Gasteiger partial charge on any atom is 0.377 e. The minimum Gasteiger partial charge on any atom is -0.305 e. The summed E-state index contributed by atoms with van der Waals surface area (Å²) >= 11 is 0. The minimum atomic E-state index is -3.65. The summed E-state index contributed by atoms with van der Waals surface area (Å²) in [5.41, 5.74) is 4.79. The summed E-state index contributed by atoms with van der Waals surface area (Å²) < 4.78 is 24.7. The Morgan fingerprint density at radius 1 is 1.07 bits per heavy atom. The van der Waals surface area contributed by atoms with E-state index in [1.807, 2.05) is 54.6 Å². The first-order valence-corrected chi connectivity index (χ1v) is 11.0. The van der Waals surface area contributed by atoms with Gasteiger partial charge in [-0.05, 0) is 25.0 Å². The molecule has 2 aromatic rings. The summed E-state index contributed by atoms with van der Waals surface area (Å²) in [6, 6.07) is 17.1. The SMILES string of the molecule is CCOP(=O)(OCC)C1=NNC2(Cc3ccccc3C2=O)C1c1ccccc1. The Morgan fingerprint density at radius 3 is 2.36 bits per heavy atom. The van der Waals surface area contributed by atoms with Gasteiger partial charge in [-0.3, -0.25) is 14.8 Å². The van der Waals surface area contributed by atoms with Crippen LogP contribution in [0.5, 0.6) is 0 Å². The summed E-state index contributed by atoms with van der Waals surface area (Å²) in [5, 5.41) is 4.40. The number of ketones is 1. The number of fused-ring (bicyclic) bond motifs is 1. The predicted octanol–water partition coefficient (Wildman–Crippen LogP) is 4.13. The van der Waals surface area contributed by atoms with Gasteiger partial charge in [-0.15, -0.1) is 0 Å². The number of hydrogen-bond acceptors (Lipinski definition) is 6. The van der Waals surface area contributed by atoms with Crippen LogP contribution in [0.2, 0.25) is 0 Å². The van der Waals surface area contributed by atoms with Crippen LogP contribution in [0.15, 0.2) is 59.7 Å². The molecule has 0 saturated carbocycles. The highest BCUT2D eigenvalue weighted by Crippen LogP contribution is 2.59. The molecule has 1 N–H and O–H groups in total. The van der Waals surface area contributed by atoms with E-state index in [1.54, 1.807) is 13.8 Å². The molecule has 2 atom stereocenters. The van der Waals surface area contributed by atoms with E-state index in [4.69, 9.17) is 9.05 Å². The smallest absolute Gasteiger partial charge is 0.305 e. The molecule has 0 fully saturated rings. The molecule has 4 rings (SSSR count). The van der Waals surface area contributed by atoms with Gasteiger partial charge in [0.2, 0.25) is 0 Å². The summed E-state index contributed by atoms with van der Waals surface area (Å²) in [6.45, 7) is 3.97. The molecule has 6 nitrogen and oxygen atoms in total. The van der Waals surface area contributed by atoms with Gasteiger partial charge in [-0.2, -0.15) is 5.10 Å². The van der Waals surface area contributed by atoms with Crippen LogP contribution in [0, 0.1) is 0 Å². The molecular weight excluding hydrogens is 375 g/mol. The number of rotatable bonds is 6. The molecule has 2 aromatic carbocycles. The first-order valence-electron chi connectivity index (χ1n) is 9.48. The van der Waals surface area contributed by atoms with E-state index in [0.29, 0.717) is 12.0 Å². The van der Waals surface area contributed by atoms with Gasteiger partial charge in [0.25, 0.3) is 0 Å². The van der Waals surface area contributed by atoms with Crippen LogP contribution in [-0.2, 0) is 20.0 Å². The molecule has 0 saturated heterocycles. The third-order valence-corrected chi connectivity index (χ3v) is 7.38. The molecule has 2 unspecified atom stereocenters. The van der Waals surface area contributed by atoms with E-state index in [-0.39, 0.29) is 24.4 Å². The fraction of sp³-hybridized carbons (Fsp3) is 0.333. The maximum absolute atomic E-state index is 13.6. The van der Waals surface area contributed by atoms with Crippen molar-refractivity contribution in [1.29, 1.82) is 0 Å². The molecule has 7 heteroatoms. The van der Waals surface area contributed by atoms with Crippen LogP contribution < -0.4 is 5.43 Å². The average molecular weight is 398 g/mol. The van der Waals surface area contributed by atoms with E-state index in [0.717, 1.165) is 11.1 Å². The largest absolute Gasteiger partial charge is 0.377 e. The van der Waals surface area contributed by atoms with Crippen molar-refractivity contribution in [3.05, 3.63) is 71.3 Å². The van der Waals surface area contributed by atoms with Gasteiger partial charge in [-0.1, -0.05) is 54.6 Å². The van der Waals surface area contributed by atoms with Gasteiger partial charge in [0.1, 0.15) is 5.54 Å². The predicted molar refractivity (Wildman–Crippen MR) is 108 cm³/mol. The fourth-order valence-corrected chi connectivity index (χ4v) is 6.03. The highest BCUT2D eigenvalue weighted by molar-refractivity contribution is 7.72.